The van der Waals surface area contributed by atoms with Crippen molar-refractivity contribution < 1.29 is 28.4 Å². The van der Waals surface area contributed by atoms with Gasteiger partial charge in [0.2, 0.25) is 0 Å². The molecule has 6 nitrogen and oxygen atoms in total. The molecule has 8 heteroatoms. The minimum atomic E-state index is -3.55. The van der Waals surface area contributed by atoms with E-state index in [0.29, 0.717) is 50.1 Å². The molecule has 0 aromatic heterocycles. The van der Waals surface area contributed by atoms with Gasteiger partial charge in [0.1, 0.15) is 34.5 Å². The molecular formula is C24H27ClO6Si. The maximum atomic E-state index is 7.88. The van der Waals surface area contributed by atoms with Gasteiger partial charge in [-0.05, 0) is 36.4 Å². The summed E-state index contributed by atoms with van der Waals surface area (Å²) < 4.78 is 34.7. The topological polar surface area (TPSA) is 55.4 Å². The lowest BCUT2D eigenvalue weighted by molar-refractivity contribution is 0.396. The Morgan fingerprint density at radius 3 is 0.781 bits per heavy atom. The van der Waals surface area contributed by atoms with Crippen molar-refractivity contribution in [3.63, 3.8) is 0 Å². The maximum absolute atomic E-state index is 7.88. The maximum Gasteiger partial charge on any atom is 0.270 e. The van der Waals surface area contributed by atoms with Gasteiger partial charge in [-0.25, -0.2) is 0 Å². The molecule has 0 atom stereocenters. The monoisotopic (exact) mass is 474 g/mol. The number of hydrogen-bond acceptors (Lipinski definition) is 6. The van der Waals surface area contributed by atoms with Gasteiger partial charge in [0.25, 0.3) is 7.38 Å². The number of ether oxygens (including phenoxy) is 6. The lowest BCUT2D eigenvalue weighted by Gasteiger charge is -2.33. The van der Waals surface area contributed by atoms with Crippen LogP contribution in [0.2, 0.25) is 0 Å². The second kappa shape index (κ2) is 10.1. The van der Waals surface area contributed by atoms with E-state index < -0.39 is 7.38 Å². The van der Waals surface area contributed by atoms with E-state index in [0.717, 1.165) is 0 Å². The molecule has 170 valence electrons. The van der Waals surface area contributed by atoms with Gasteiger partial charge in [-0.15, -0.1) is 11.1 Å². The molecule has 0 saturated carbocycles. The molecule has 3 aromatic rings. The molecule has 0 N–H and O–H groups in total. The molecule has 0 aliphatic heterocycles. The number of rotatable bonds is 9. The highest BCUT2D eigenvalue weighted by Gasteiger charge is 2.50. The molecule has 3 aromatic carbocycles. The van der Waals surface area contributed by atoms with E-state index in [9.17, 15) is 0 Å². The number of methoxy groups -OCH3 is 6. The molecule has 0 aliphatic carbocycles. The summed E-state index contributed by atoms with van der Waals surface area (Å²) >= 11 is 7.88. The SMILES string of the molecule is COc1cccc(OC)c1[Si](Cl)(c1c(OC)cccc1OC)c1c(OC)cccc1OC. The number of halogens is 1. The van der Waals surface area contributed by atoms with Gasteiger partial charge in [0, 0.05) is 15.6 Å². The van der Waals surface area contributed by atoms with Gasteiger partial charge in [-0.3, -0.25) is 0 Å². The summed E-state index contributed by atoms with van der Waals surface area (Å²) in [6.07, 6.45) is 0. The van der Waals surface area contributed by atoms with Crippen molar-refractivity contribution in [1.29, 1.82) is 0 Å². The molecule has 0 aliphatic rings. The standard InChI is InChI=1S/C24H27ClO6Si/c1-26-16-10-7-11-17(27-2)22(16)32(25,23-18(28-3)12-8-13-19(23)29-4)24-20(30-5)14-9-15-21(24)31-6/h7-15H,1-6H3. The minimum absolute atomic E-state index is 0.576. The third-order valence-electron chi connectivity index (χ3n) is 5.32. The second-order valence-electron chi connectivity index (χ2n) is 6.77. The summed E-state index contributed by atoms with van der Waals surface area (Å²) in [6.45, 7) is 0. The molecule has 0 spiro atoms. The zero-order chi connectivity index (χ0) is 23.3. The van der Waals surface area contributed by atoms with Crippen LogP contribution in [-0.2, 0) is 0 Å². The molecule has 0 amide bonds. The molecule has 32 heavy (non-hydrogen) atoms. The fourth-order valence-corrected chi connectivity index (χ4v) is 9.52. The molecule has 0 saturated heterocycles. The third-order valence-corrected chi connectivity index (χ3v) is 10.6. The van der Waals surface area contributed by atoms with Crippen molar-refractivity contribution in [2.75, 3.05) is 42.7 Å². The first-order valence-electron chi connectivity index (χ1n) is 9.85. The van der Waals surface area contributed by atoms with Crippen LogP contribution in [0.4, 0.5) is 0 Å². The zero-order valence-corrected chi connectivity index (χ0v) is 20.8. The van der Waals surface area contributed by atoms with E-state index in [-0.39, 0.29) is 0 Å². The van der Waals surface area contributed by atoms with Crippen molar-refractivity contribution >= 4 is 34.0 Å². The van der Waals surface area contributed by atoms with Crippen LogP contribution in [-0.4, -0.2) is 50.0 Å². The molecule has 0 unspecified atom stereocenters. The highest BCUT2D eigenvalue weighted by Crippen LogP contribution is 2.35. The van der Waals surface area contributed by atoms with Crippen molar-refractivity contribution in [2.24, 2.45) is 0 Å². The lowest BCUT2D eigenvalue weighted by atomic mass is 10.3. The summed E-state index contributed by atoms with van der Waals surface area (Å²) in [5.74, 6) is 3.46. The first-order valence-corrected chi connectivity index (χ1v) is 12.9. The largest absolute Gasteiger partial charge is 0.497 e. The summed E-state index contributed by atoms with van der Waals surface area (Å²) in [5.41, 5.74) is 0. The first-order chi connectivity index (χ1) is 15.5. The van der Waals surface area contributed by atoms with E-state index >= 15 is 0 Å². The van der Waals surface area contributed by atoms with Gasteiger partial charge in [-0.2, -0.15) is 0 Å². The van der Waals surface area contributed by atoms with Crippen molar-refractivity contribution in [3.05, 3.63) is 54.6 Å². The Morgan fingerprint density at radius 2 is 0.625 bits per heavy atom. The van der Waals surface area contributed by atoms with E-state index in [1.165, 1.54) is 0 Å². The fourth-order valence-electron chi connectivity index (χ4n) is 3.95. The fraction of sp³-hybridized carbons (Fsp3) is 0.250. The van der Waals surface area contributed by atoms with Gasteiger partial charge in [-0.1, -0.05) is 18.2 Å². The van der Waals surface area contributed by atoms with Gasteiger partial charge >= 0.3 is 0 Å². The Labute approximate surface area is 194 Å². The van der Waals surface area contributed by atoms with E-state index in [1.807, 2.05) is 54.6 Å². The van der Waals surface area contributed by atoms with Crippen LogP contribution >= 0.6 is 11.1 Å². The average Bonchev–Trinajstić information content (AvgIpc) is 2.86. The normalized spacial score (nSPS) is 11.0. The molecular weight excluding hydrogens is 448 g/mol. The third kappa shape index (κ3) is 3.82. The van der Waals surface area contributed by atoms with E-state index in [2.05, 4.69) is 0 Å². The predicted octanol–water partition coefficient (Wildman–Crippen LogP) is 2.94. The molecule has 0 bridgehead atoms. The quantitative estimate of drug-likeness (QED) is 0.270. The summed E-state index contributed by atoms with van der Waals surface area (Å²) in [7, 11) is 6.05. The Hall–Kier alpha value is -3.03. The van der Waals surface area contributed by atoms with Crippen LogP contribution in [0.25, 0.3) is 0 Å². The highest BCUT2D eigenvalue weighted by atomic mass is 35.6. The van der Waals surface area contributed by atoms with E-state index in [1.54, 1.807) is 42.7 Å². The van der Waals surface area contributed by atoms with Crippen molar-refractivity contribution in [2.45, 2.75) is 0 Å². The predicted molar refractivity (Wildman–Crippen MR) is 129 cm³/mol. The van der Waals surface area contributed by atoms with Gasteiger partial charge in [0.05, 0.1) is 42.7 Å². The highest BCUT2D eigenvalue weighted by molar-refractivity contribution is 7.41. The molecule has 0 radical (unpaired) electrons. The van der Waals surface area contributed by atoms with Crippen LogP contribution in [0.15, 0.2) is 54.6 Å². The van der Waals surface area contributed by atoms with Crippen LogP contribution in [0.5, 0.6) is 34.5 Å². The molecule has 3 rings (SSSR count). The second-order valence-corrected chi connectivity index (χ2v) is 11.3. The van der Waals surface area contributed by atoms with Crippen LogP contribution in [0, 0.1) is 0 Å². The molecule has 0 fully saturated rings. The Bertz CT molecular complexity index is 887. The summed E-state index contributed by atoms with van der Waals surface area (Å²) in [5, 5.41) is 2.08. The molecule has 0 heterocycles. The minimum Gasteiger partial charge on any atom is -0.497 e. The van der Waals surface area contributed by atoms with Crippen LogP contribution in [0.3, 0.4) is 0 Å². The average molecular weight is 475 g/mol. The van der Waals surface area contributed by atoms with Crippen molar-refractivity contribution in [1.82, 2.24) is 0 Å². The van der Waals surface area contributed by atoms with Crippen LogP contribution < -0.4 is 44.0 Å². The number of hydrogen-bond donors (Lipinski definition) is 0. The first kappa shape index (κ1) is 23.6. The lowest BCUT2D eigenvalue weighted by Crippen LogP contribution is -2.64. The van der Waals surface area contributed by atoms with E-state index in [4.69, 9.17) is 39.5 Å². The van der Waals surface area contributed by atoms with Crippen molar-refractivity contribution in [3.8, 4) is 34.5 Å². The summed E-state index contributed by atoms with van der Waals surface area (Å²) in [6, 6.07) is 16.7. The van der Waals surface area contributed by atoms with Gasteiger partial charge < -0.3 is 28.4 Å². The number of benzene rings is 3. The van der Waals surface area contributed by atoms with Gasteiger partial charge in [0.15, 0.2) is 0 Å². The Kier molecular flexibility index (Phi) is 7.43. The summed E-state index contributed by atoms with van der Waals surface area (Å²) in [4.78, 5) is 0. The Balaban J connectivity index is 2.62. The smallest absolute Gasteiger partial charge is 0.270 e. The zero-order valence-electron chi connectivity index (χ0n) is 19.0. The van der Waals surface area contributed by atoms with Crippen LogP contribution in [0.1, 0.15) is 0 Å². The Morgan fingerprint density at radius 1 is 0.438 bits per heavy atom.